The number of piperidine rings is 1. The number of methoxy groups -OCH3 is 1. The van der Waals surface area contributed by atoms with Crippen molar-refractivity contribution in [2.45, 2.75) is 25.9 Å². The molecule has 4 nitrogen and oxygen atoms in total. The predicted molar refractivity (Wildman–Crippen MR) is 71.5 cm³/mol. The van der Waals surface area contributed by atoms with Crippen molar-refractivity contribution in [3.8, 4) is 0 Å². The third-order valence-electron chi connectivity index (χ3n) is 2.79. The molecule has 1 aliphatic heterocycles. The number of anilines is 1. The van der Waals surface area contributed by atoms with Gasteiger partial charge in [-0.3, -0.25) is 0 Å². The zero-order valence-corrected chi connectivity index (χ0v) is 12.1. The summed E-state index contributed by atoms with van der Waals surface area (Å²) in [5.41, 5.74) is 0.799. The zero-order chi connectivity index (χ0) is 12.3. The Kier molecular flexibility index (Phi) is 4.59. The van der Waals surface area contributed by atoms with Crippen molar-refractivity contribution >= 4 is 33.5 Å². The van der Waals surface area contributed by atoms with Crippen molar-refractivity contribution in [2.24, 2.45) is 0 Å². The first kappa shape index (κ1) is 13.1. The molecule has 0 aliphatic carbocycles. The summed E-state index contributed by atoms with van der Waals surface area (Å²) in [6.45, 7) is 2.44. The van der Waals surface area contributed by atoms with E-state index in [9.17, 15) is 0 Å². The van der Waals surface area contributed by atoms with Crippen LogP contribution >= 0.6 is 27.5 Å². The first-order valence-corrected chi connectivity index (χ1v) is 6.85. The Morgan fingerprint density at radius 3 is 2.65 bits per heavy atom. The van der Waals surface area contributed by atoms with Gasteiger partial charge in [0.1, 0.15) is 5.15 Å². The number of aromatic nitrogens is 2. The molecule has 2 heterocycles. The largest absolute Gasteiger partial charge is 0.378 e. The van der Waals surface area contributed by atoms with E-state index in [1.54, 1.807) is 7.11 Å². The van der Waals surface area contributed by atoms with Crippen LogP contribution in [-0.4, -0.2) is 30.2 Å². The van der Waals surface area contributed by atoms with Gasteiger partial charge < -0.3 is 9.64 Å². The van der Waals surface area contributed by atoms with Gasteiger partial charge in [-0.2, -0.15) is 4.98 Å². The molecule has 0 aromatic carbocycles. The Morgan fingerprint density at radius 2 is 2.00 bits per heavy atom. The number of ether oxygens (including phenoxy) is 1. The lowest BCUT2D eigenvalue weighted by atomic mass is 10.1. The van der Waals surface area contributed by atoms with E-state index in [1.807, 2.05) is 0 Å². The lowest BCUT2D eigenvalue weighted by Crippen LogP contribution is -2.31. The van der Waals surface area contributed by atoms with Crippen LogP contribution in [-0.2, 0) is 11.3 Å². The lowest BCUT2D eigenvalue weighted by Gasteiger charge is -2.27. The maximum Gasteiger partial charge on any atom is 0.227 e. The summed E-state index contributed by atoms with van der Waals surface area (Å²) in [4.78, 5) is 11.0. The fraction of sp³-hybridized carbons (Fsp3) is 0.636. The third kappa shape index (κ3) is 3.09. The molecule has 1 aliphatic rings. The molecule has 1 fully saturated rings. The smallest absolute Gasteiger partial charge is 0.227 e. The fourth-order valence-corrected chi connectivity index (χ4v) is 2.39. The predicted octanol–water partition coefficient (Wildman–Crippen LogP) is 3.03. The summed E-state index contributed by atoms with van der Waals surface area (Å²) in [7, 11) is 1.64. The van der Waals surface area contributed by atoms with Gasteiger partial charge in [0.2, 0.25) is 5.95 Å². The molecule has 6 heteroatoms. The summed E-state index contributed by atoms with van der Waals surface area (Å²) in [6, 6.07) is 0. The van der Waals surface area contributed by atoms with Gasteiger partial charge in [-0.05, 0) is 35.2 Å². The van der Waals surface area contributed by atoms with Gasteiger partial charge in [-0.1, -0.05) is 11.6 Å². The Morgan fingerprint density at radius 1 is 1.29 bits per heavy atom. The molecule has 1 saturated heterocycles. The van der Waals surface area contributed by atoms with Crippen LogP contribution in [0, 0.1) is 0 Å². The highest BCUT2D eigenvalue weighted by Gasteiger charge is 2.17. The molecule has 1 aromatic heterocycles. The summed E-state index contributed by atoms with van der Waals surface area (Å²) < 4.78 is 5.83. The summed E-state index contributed by atoms with van der Waals surface area (Å²) >= 11 is 9.48. The average Bonchev–Trinajstić information content (AvgIpc) is 2.36. The van der Waals surface area contributed by atoms with Gasteiger partial charge in [0, 0.05) is 20.2 Å². The minimum absolute atomic E-state index is 0.434. The van der Waals surface area contributed by atoms with E-state index < -0.39 is 0 Å². The van der Waals surface area contributed by atoms with Crippen molar-refractivity contribution in [3.63, 3.8) is 0 Å². The van der Waals surface area contributed by atoms with Gasteiger partial charge in [0.05, 0.1) is 16.8 Å². The molecular weight excluding hydrogens is 305 g/mol. The first-order chi connectivity index (χ1) is 8.22. The Labute approximate surface area is 114 Å². The highest BCUT2D eigenvalue weighted by atomic mass is 79.9. The Bertz CT molecular complexity index is 397. The molecule has 0 unspecified atom stereocenters. The maximum absolute atomic E-state index is 6.09. The quantitative estimate of drug-likeness (QED) is 0.802. The SMILES string of the molecule is COCc1nc(N2CCCCC2)nc(Cl)c1Br. The van der Waals surface area contributed by atoms with Gasteiger partial charge in [-0.15, -0.1) is 0 Å². The number of rotatable bonds is 3. The second-order valence-corrected chi connectivity index (χ2v) is 5.21. The number of nitrogens with zero attached hydrogens (tertiary/aromatic N) is 3. The van der Waals surface area contributed by atoms with Gasteiger partial charge in [-0.25, -0.2) is 4.98 Å². The standard InChI is InChI=1S/C11H15BrClN3O/c1-17-7-8-9(12)10(13)15-11(14-8)16-5-3-2-4-6-16/h2-7H2,1H3. The number of hydrogen-bond acceptors (Lipinski definition) is 4. The molecular formula is C11H15BrClN3O. The molecule has 0 bridgehead atoms. The number of halogens is 2. The third-order valence-corrected chi connectivity index (χ3v) is 4.12. The van der Waals surface area contributed by atoms with Crippen molar-refractivity contribution in [1.29, 1.82) is 0 Å². The average molecular weight is 321 g/mol. The lowest BCUT2D eigenvalue weighted by molar-refractivity contribution is 0.181. The second-order valence-electron chi connectivity index (χ2n) is 4.06. The molecule has 0 radical (unpaired) electrons. The normalized spacial score (nSPS) is 16.3. The van der Waals surface area contributed by atoms with Gasteiger partial charge >= 0.3 is 0 Å². The summed E-state index contributed by atoms with van der Waals surface area (Å²) in [5, 5.41) is 0.452. The van der Waals surface area contributed by atoms with Crippen LogP contribution in [0.1, 0.15) is 25.0 Å². The van der Waals surface area contributed by atoms with Crippen molar-refractivity contribution < 1.29 is 4.74 Å². The molecule has 1 aromatic rings. The monoisotopic (exact) mass is 319 g/mol. The van der Waals surface area contributed by atoms with E-state index in [1.165, 1.54) is 19.3 Å². The molecule has 17 heavy (non-hydrogen) atoms. The maximum atomic E-state index is 6.09. The van der Waals surface area contributed by atoms with E-state index >= 15 is 0 Å². The van der Waals surface area contributed by atoms with Crippen LogP contribution in [0.15, 0.2) is 4.47 Å². The topological polar surface area (TPSA) is 38.2 Å². The number of hydrogen-bond donors (Lipinski definition) is 0. The molecule has 0 atom stereocenters. The van der Waals surface area contributed by atoms with E-state index in [4.69, 9.17) is 16.3 Å². The zero-order valence-electron chi connectivity index (χ0n) is 9.75. The minimum Gasteiger partial charge on any atom is -0.378 e. The van der Waals surface area contributed by atoms with Crippen LogP contribution in [0.3, 0.4) is 0 Å². The van der Waals surface area contributed by atoms with E-state index in [0.29, 0.717) is 17.7 Å². The van der Waals surface area contributed by atoms with Crippen LogP contribution in [0.5, 0.6) is 0 Å². The minimum atomic E-state index is 0.434. The Hall–Kier alpha value is -0.390. The highest BCUT2D eigenvalue weighted by Crippen LogP contribution is 2.27. The van der Waals surface area contributed by atoms with Crippen molar-refractivity contribution in [2.75, 3.05) is 25.1 Å². The van der Waals surface area contributed by atoms with Crippen LogP contribution in [0.2, 0.25) is 5.15 Å². The van der Waals surface area contributed by atoms with Gasteiger partial charge in [0.15, 0.2) is 0 Å². The molecule has 0 N–H and O–H groups in total. The molecule has 0 amide bonds. The fourth-order valence-electron chi connectivity index (χ4n) is 1.92. The van der Waals surface area contributed by atoms with Crippen molar-refractivity contribution in [3.05, 3.63) is 15.3 Å². The van der Waals surface area contributed by atoms with Crippen LogP contribution < -0.4 is 4.90 Å². The van der Waals surface area contributed by atoms with Crippen LogP contribution in [0.4, 0.5) is 5.95 Å². The van der Waals surface area contributed by atoms with Crippen LogP contribution in [0.25, 0.3) is 0 Å². The highest BCUT2D eigenvalue weighted by molar-refractivity contribution is 9.10. The van der Waals surface area contributed by atoms with Crippen molar-refractivity contribution in [1.82, 2.24) is 9.97 Å². The molecule has 0 saturated carbocycles. The van der Waals surface area contributed by atoms with E-state index in [0.717, 1.165) is 23.3 Å². The molecule has 94 valence electrons. The molecule has 2 rings (SSSR count). The second kappa shape index (κ2) is 5.98. The van der Waals surface area contributed by atoms with E-state index in [2.05, 4.69) is 30.8 Å². The summed E-state index contributed by atoms with van der Waals surface area (Å²) in [6.07, 6.45) is 3.67. The Balaban J connectivity index is 2.27. The van der Waals surface area contributed by atoms with E-state index in [-0.39, 0.29) is 0 Å². The first-order valence-electron chi connectivity index (χ1n) is 5.68. The van der Waals surface area contributed by atoms with Gasteiger partial charge in [0.25, 0.3) is 0 Å². The summed E-state index contributed by atoms with van der Waals surface area (Å²) in [5.74, 6) is 0.713. The molecule has 0 spiro atoms.